The van der Waals surface area contributed by atoms with Crippen molar-refractivity contribution in [3.8, 4) is 0 Å². The van der Waals surface area contributed by atoms with Crippen LogP contribution in [0.2, 0.25) is 0 Å². The normalized spacial score (nSPS) is 12.0. The van der Waals surface area contributed by atoms with Crippen LogP contribution in [0.4, 0.5) is 0 Å². The average molecular weight is 974 g/mol. The number of unbranched alkanes of at least 4 members (excludes halogenated alkanes) is 45. The molecule has 0 radical (unpaired) electrons. The summed E-state index contributed by atoms with van der Waals surface area (Å²) >= 11 is 0. The molecule has 0 aliphatic heterocycles. The van der Waals surface area contributed by atoms with E-state index in [2.05, 4.69) is 32.9 Å². The number of allylic oxidation sites excluding steroid dienone is 2. The zero-order valence-corrected chi connectivity index (χ0v) is 46.9. The first-order chi connectivity index (χ1) is 34.0. The molecule has 0 amide bonds. The van der Waals surface area contributed by atoms with E-state index in [4.69, 9.17) is 14.2 Å². The zero-order valence-electron chi connectivity index (χ0n) is 46.9. The Hall–Kier alpha value is -1.85. The molecule has 0 fully saturated rings. The number of hydrogen-bond acceptors (Lipinski definition) is 6. The third-order valence-electron chi connectivity index (χ3n) is 14.3. The van der Waals surface area contributed by atoms with Gasteiger partial charge in [-0.2, -0.15) is 0 Å². The Balaban J connectivity index is 4.30. The van der Waals surface area contributed by atoms with E-state index < -0.39 is 6.10 Å². The molecule has 0 aromatic rings. The fourth-order valence-corrected chi connectivity index (χ4v) is 9.56. The van der Waals surface area contributed by atoms with Crippen molar-refractivity contribution in [2.24, 2.45) is 0 Å². The van der Waals surface area contributed by atoms with Gasteiger partial charge in [0, 0.05) is 19.3 Å². The Morgan fingerprint density at radius 1 is 0.275 bits per heavy atom. The summed E-state index contributed by atoms with van der Waals surface area (Å²) in [6.45, 7) is 6.71. The Morgan fingerprint density at radius 3 is 0.725 bits per heavy atom. The van der Waals surface area contributed by atoms with Crippen LogP contribution < -0.4 is 0 Å². The van der Waals surface area contributed by atoms with Gasteiger partial charge in [-0.05, 0) is 44.9 Å². The van der Waals surface area contributed by atoms with Crippen LogP contribution in [0.1, 0.15) is 355 Å². The van der Waals surface area contributed by atoms with E-state index in [0.717, 1.165) is 57.8 Å². The van der Waals surface area contributed by atoms with E-state index in [1.165, 1.54) is 257 Å². The maximum Gasteiger partial charge on any atom is 0.306 e. The topological polar surface area (TPSA) is 78.9 Å². The molecule has 0 saturated carbocycles. The highest BCUT2D eigenvalue weighted by Crippen LogP contribution is 2.18. The van der Waals surface area contributed by atoms with E-state index in [1.807, 2.05) is 0 Å². The molecule has 0 spiro atoms. The number of carbonyl (C=O) groups excluding carboxylic acids is 3. The van der Waals surface area contributed by atoms with Crippen molar-refractivity contribution in [3.05, 3.63) is 12.2 Å². The molecule has 0 N–H and O–H groups in total. The van der Waals surface area contributed by atoms with Crippen LogP contribution in [-0.4, -0.2) is 37.2 Å². The number of hydrogen-bond donors (Lipinski definition) is 0. The Labute approximate surface area is 431 Å². The molecule has 0 unspecified atom stereocenters. The molecular weight excluding hydrogens is 853 g/mol. The molecule has 0 bridgehead atoms. The van der Waals surface area contributed by atoms with Gasteiger partial charge in [0.25, 0.3) is 0 Å². The largest absolute Gasteiger partial charge is 0.462 e. The van der Waals surface area contributed by atoms with Crippen molar-refractivity contribution in [1.29, 1.82) is 0 Å². The van der Waals surface area contributed by atoms with Gasteiger partial charge < -0.3 is 14.2 Å². The van der Waals surface area contributed by atoms with Gasteiger partial charge in [0.2, 0.25) is 0 Å². The minimum absolute atomic E-state index is 0.0648. The molecule has 6 nitrogen and oxygen atoms in total. The average Bonchev–Trinajstić information content (AvgIpc) is 3.35. The van der Waals surface area contributed by atoms with Crippen LogP contribution in [-0.2, 0) is 28.6 Å². The molecule has 6 heteroatoms. The minimum atomic E-state index is -0.767. The van der Waals surface area contributed by atoms with Crippen LogP contribution in [0.25, 0.3) is 0 Å². The second-order valence-electron chi connectivity index (χ2n) is 21.3. The highest BCUT2D eigenvalue weighted by atomic mass is 16.6. The predicted octanol–water partition coefficient (Wildman–Crippen LogP) is 20.9. The molecule has 0 aliphatic carbocycles. The van der Waals surface area contributed by atoms with Crippen molar-refractivity contribution in [3.63, 3.8) is 0 Å². The summed E-state index contributed by atoms with van der Waals surface area (Å²) in [5, 5.41) is 0. The van der Waals surface area contributed by atoms with E-state index >= 15 is 0 Å². The molecule has 0 heterocycles. The summed E-state index contributed by atoms with van der Waals surface area (Å²) in [4.78, 5) is 38.3. The molecule has 408 valence electrons. The van der Waals surface area contributed by atoms with Gasteiger partial charge in [0.15, 0.2) is 6.10 Å². The molecule has 0 rings (SSSR count). The predicted molar refractivity (Wildman–Crippen MR) is 298 cm³/mol. The van der Waals surface area contributed by atoms with Gasteiger partial charge >= 0.3 is 17.9 Å². The first-order valence-electron chi connectivity index (χ1n) is 31.2. The third-order valence-corrected chi connectivity index (χ3v) is 14.3. The monoisotopic (exact) mass is 973 g/mol. The Bertz CT molecular complexity index is 1070. The van der Waals surface area contributed by atoms with Gasteiger partial charge in [-0.15, -0.1) is 0 Å². The summed E-state index contributed by atoms with van der Waals surface area (Å²) in [6, 6.07) is 0. The third kappa shape index (κ3) is 56.9. The molecule has 0 aromatic carbocycles. The number of rotatable bonds is 58. The lowest BCUT2D eigenvalue weighted by atomic mass is 10.0. The van der Waals surface area contributed by atoms with E-state index in [9.17, 15) is 14.4 Å². The summed E-state index contributed by atoms with van der Waals surface area (Å²) in [7, 11) is 0. The quantitative estimate of drug-likeness (QED) is 0.0261. The first-order valence-corrected chi connectivity index (χ1v) is 31.2. The first kappa shape index (κ1) is 67.1. The van der Waals surface area contributed by atoms with Crippen LogP contribution in [0.15, 0.2) is 12.2 Å². The number of esters is 3. The fraction of sp³-hybridized carbons (Fsp3) is 0.921. The lowest BCUT2D eigenvalue weighted by Crippen LogP contribution is -2.30. The molecular formula is C63H120O6. The van der Waals surface area contributed by atoms with Crippen molar-refractivity contribution in [2.45, 2.75) is 361 Å². The van der Waals surface area contributed by atoms with Gasteiger partial charge in [-0.25, -0.2) is 0 Å². The smallest absolute Gasteiger partial charge is 0.306 e. The van der Waals surface area contributed by atoms with E-state index in [-0.39, 0.29) is 31.1 Å². The number of carbonyl (C=O) groups is 3. The second kappa shape index (κ2) is 58.7. The van der Waals surface area contributed by atoms with Crippen molar-refractivity contribution < 1.29 is 28.6 Å². The van der Waals surface area contributed by atoms with Crippen molar-refractivity contribution in [1.82, 2.24) is 0 Å². The molecule has 0 aromatic heterocycles. The molecule has 69 heavy (non-hydrogen) atoms. The van der Waals surface area contributed by atoms with Gasteiger partial charge in [0.1, 0.15) is 13.2 Å². The van der Waals surface area contributed by atoms with Crippen molar-refractivity contribution >= 4 is 17.9 Å². The standard InChI is InChI=1S/C63H120O6/c1-4-7-10-13-16-19-22-25-28-30-31-33-36-39-42-45-48-51-54-57-63(66)69-60(58-67-61(64)55-52-49-46-43-40-37-34-27-24-21-18-15-12-9-6-3)59-68-62(65)56-53-50-47-44-41-38-35-32-29-26-23-20-17-14-11-8-5-2/h26,29,60H,4-25,27-28,30-59H2,1-3H3/b29-26-/t60-/m0/s1. The van der Waals surface area contributed by atoms with E-state index in [1.54, 1.807) is 0 Å². The Morgan fingerprint density at radius 2 is 0.478 bits per heavy atom. The molecule has 1 atom stereocenters. The second-order valence-corrected chi connectivity index (χ2v) is 21.3. The number of ether oxygens (including phenoxy) is 3. The highest BCUT2D eigenvalue weighted by Gasteiger charge is 2.19. The Kier molecular flexibility index (Phi) is 57.1. The lowest BCUT2D eigenvalue weighted by molar-refractivity contribution is -0.167. The zero-order chi connectivity index (χ0) is 50.0. The van der Waals surface area contributed by atoms with Crippen LogP contribution >= 0.6 is 0 Å². The minimum Gasteiger partial charge on any atom is -0.462 e. The molecule has 0 saturated heterocycles. The van der Waals surface area contributed by atoms with Gasteiger partial charge in [0.05, 0.1) is 0 Å². The van der Waals surface area contributed by atoms with Crippen LogP contribution in [0, 0.1) is 0 Å². The fourth-order valence-electron chi connectivity index (χ4n) is 9.56. The lowest BCUT2D eigenvalue weighted by Gasteiger charge is -2.18. The maximum absolute atomic E-state index is 12.9. The highest BCUT2D eigenvalue weighted by molar-refractivity contribution is 5.71. The summed E-state index contributed by atoms with van der Waals surface area (Å²) in [5.74, 6) is -0.840. The van der Waals surface area contributed by atoms with Gasteiger partial charge in [-0.3, -0.25) is 14.4 Å². The summed E-state index contributed by atoms with van der Waals surface area (Å²) in [6.07, 6.45) is 67.8. The van der Waals surface area contributed by atoms with E-state index in [0.29, 0.717) is 19.3 Å². The summed E-state index contributed by atoms with van der Waals surface area (Å²) < 4.78 is 16.9. The van der Waals surface area contributed by atoms with Crippen LogP contribution in [0.3, 0.4) is 0 Å². The summed E-state index contributed by atoms with van der Waals surface area (Å²) in [5.41, 5.74) is 0. The van der Waals surface area contributed by atoms with Crippen molar-refractivity contribution in [2.75, 3.05) is 13.2 Å². The molecule has 0 aliphatic rings. The van der Waals surface area contributed by atoms with Crippen LogP contribution in [0.5, 0.6) is 0 Å². The maximum atomic E-state index is 12.9. The van der Waals surface area contributed by atoms with Gasteiger partial charge in [-0.1, -0.05) is 303 Å². The SMILES string of the molecule is CCCCCCCC/C=C\CCCCCCCCCC(=O)OC[C@H](COC(=O)CCCCCCCCCCCCCCCCC)OC(=O)CCCCCCCCCCCCCCCCCCCCC.